The van der Waals surface area contributed by atoms with Crippen molar-refractivity contribution in [1.29, 1.82) is 0 Å². The molecule has 0 unspecified atom stereocenters. The van der Waals surface area contributed by atoms with E-state index < -0.39 is 6.09 Å². The first-order chi connectivity index (χ1) is 10.6. The van der Waals surface area contributed by atoms with Crippen molar-refractivity contribution in [1.82, 2.24) is 4.98 Å². The number of ether oxygens (including phenoxy) is 1. The molecule has 0 radical (unpaired) electrons. The van der Waals surface area contributed by atoms with Crippen LogP contribution in [0.2, 0.25) is 5.02 Å². The molecule has 1 amide bonds. The summed E-state index contributed by atoms with van der Waals surface area (Å²) >= 11 is 5.84. The predicted molar refractivity (Wildman–Crippen MR) is 103 cm³/mol. The number of carbonyl (C=O) groups excluding carboxylic acids is 1. The first kappa shape index (κ1) is 22.1. The highest BCUT2D eigenvalue weighted by atomic mass is 35.5. The highest BCUT2D eigenvalue weighted by Crippen LogP contribution is 2.19. The predicted octanol–water partition coefficient (Wildman–Crippen LogP) is 4.34. The fourth-order valence-electron chi connectivity index (χ4n) is 1.75. The van der Waals surface area contributed by atoms with Crippen LogP contribution in [0.25, 0.3) is 0 Å². The van der Waals surface area contributed by atoms with Crippen LogP contribution in [0.5, 0.6) is 0 Å². The van der Waals surface area contributed by atoms with E-state index in [4.69, 9.17) is 22.1 Å². The molecule has 0 bridgehead atoms. The van der Waals surface area contributed by atoms with Crippen molar-refractivity contribution in [3.63, 3.8) is 0 Å². The standard InChI is InChI=1S/C15H17ClN4O2.2ClH/c1-2-22-15(21)19-12-7-8-13(20-14(12)17)18-9-10-3-5-11(16)6-4-10;;/h3-8H,2,9H2,1H3,(H,19,21)(H3,17,18,20);2*1H. The van der Waals surface area contributed by atoms with E-state index in [1.165, 1.54) is 0 Å². The number of hydrogen-bond acceptors (Lipinski definition) is 5. The number of hydrogen-bond donors (Lipinski definition) is 3. The van der Waals surface area contributed by atoms with Crippen LogP contribution in [-0.2, 0) is 11.3 Å². The second-order valence-corrected chi connectivity index (χ2v) is 4.89. The zero-order valence-electron chi connectivity index (χ0n) is 12.9. The molecular weight excluding hydrogens is 375 g/mol. The summed E-state index contributed by atoms with van der Waals surface area (Å²) in [5, 5.41) is 6.37. The van der Waals surface area contributed by atoms with Crippen LogP contribution in [0.1, 0.15) is 12.5 Å². The van der Waals surface area contributed by atoms with Crippen LogP contribution in [0.3, 0.4) is 0 Å². The fraction of sp³-hybridized carbons (Fsp3) is 0.200. The first-order valence-corrected chi connectivity index (χ1v) is 7.15. The van der Waals surface area contributed by atoms with Crippen molar-refractivity contribution in [2.45, 2.75) is 13.5 Å². The summed E-state index contributed by atoms with van der Waals surface area (Å²) in [5.74, 6) is 0.830. The zero-order valence-corrected chi connectivity index (χ0v) is 15.3. The highest BCUT2D eigenvalue weighted by molar-refractivity contribution is 6.30. The molecule has 132 valence electrons. The molecule has 6 nitrogen and oxygen atoms in total. The maximum Gasteiger partial charge on any atom is 0.411 e. The second-order valence-electron chi connectivity index (χ2n) is 4.45. The second kappa shape index (κ2) is 10.8. The van der Waals surface area contributed by atoms with Gasteiger partial charge in [-0.3, -0.25) is 5.32 Å². The van der Waals surface area contributed by atoms with Crippen molar-refractivity contribution in [3.8, 4) is 0 Å². The molecule has 9 heteroatoms. The summed E-state index contributed by atoms with van der Waals surface area (Å²) in [6, 6.07) is 10.9. The maximum atomic E-state index is 11.3. The number of anilines is 3. The van der Waals surface area contributed by atoms with Gasteiger partial charge in [-0.05, 0) is 36.8 Å². The number of pyridine rings is 1. The largest absolute Gasteiger partial charge is 0.450 e. The first-order valence-electron chi connectivity index (χ1n) is 6.77. The molecule has 1 aromatic carbocycles. The minimum atomic E-state index is -0.558. The summed E-state index contributed by atoms with van der Waals surface area (Å²) in [6.45, 7) is 2.61. The van der Waals surface area contributed by atoms with Gasteiger partial charge in [0, 0.05) is 11.6 Å². The van der Waals surface area contributed by atoms with Gasteiger partial charge < -0.3 is 15.8 Å². The van der Waals surface area contributed by atoms with Crippen LogP contribution < -0.4 is 16.4 Å². The molecule has 24 heavy (non-hydrogen) atoms. The van der Waals surface area contributed by atoms with E-state index >= 15 is 0 Å². The number of nitrogens with one attached hydrogen (secondary N) is 2. The Balaban J connectivity index is 0.00000264. The Kier molecular flexibility index (Phi) is 9.95. The third-order valence-electron chi connectivity index (χ3n) is 2.82. The average molecular weight is 394 g/mol. The van der Waals surface area contributed by atoms with Gasteiger partial charge in [0.15, 0.2) is 0 Å². The third kappa shape index (κ3) is 6.70. The van der Waals surface area contributed by atoms with Gasteiger partial charge in [0.2, 0.25) is 0 Å². The van der Waals surface area contributed by atoms with E-state index in [0.717, 1.165) is 5.56 Å². The van der Waals surface area contributed by atoms with E-state index in [2.05, 4.69) is 15.6 Å². The van der Waals surface area contributed by atoms with Crippen molar-refractivity contribution < 1.29 is 9.53 Å². The molecule has 0 aliphatic heterocycles. The van der Waals surface area contributed by atoms with E-state index in [9.17, 15) is 4.79 Å². The van der Waals surface area contributed by atoms with Gasteiger partial charge in [0.05, 0.1) is 12.3 Å². The van der Waals surface area contributed by atoms with Gasteiger partial charge in [-0.1, -0.05) is 23.7 Å². The lowest BCUT2D eigenvalue weighted by Gasteiger charge is -2.10. The van der Waals surface area contributed by atoms with Crippen LogP contribution in [-0.4, -0.2) is 17.7 Å². The molecule has 1 aromatic heterocycles. The summed E-state index contributed by atoms with van der Waals surface area (Å²) in [5.41, 5.74) is 7.30. The summed E-state index contributed by atoms with van der Waals surface area (Å²) in [4.78, 5) is 15.5. The molecule has 0 aliphatic carbocycles. The minimum absolute atomic E-state index is 0. The lowest BCUT2D eigenvalue weighted by Crippen LogP contribution is -2.15. The quantitative estimate of drug-likeness (QED) is 0.703. The number of nitrogens with two attached hydrogens (primary N) is 1. The number of benzene rings is 1. The van der Waals surface area contributed by atoms with E-state index in [1.807, 2.05) is 24.3 Å². The van der Waals surface area contributed by atoms with Gasteiger partial charge >= 0.3 is 6.09 Å². The van der Waals surface area contributed by atoms with Gasteiger partial charge in [-0.25, -0.2) is 9.78 Å². The molecule has 2 aromatic rings. The number of aromatic nitrogens is 1. The Morgan fingerprint density at radius 3 is 2.46 bits per heavy atom. The number of nitrogen functional groups attached to an aromatic ring is 1. The lowest BCUT2D eigenvalue weighted by molar-refractivity contribution is 0.168. The average Bonchev–Trinajstić information content (AvgIpc) is 2.49. The van der Waals surface area contributed by atoms with Gasteiger partial charge in [-0.15, -0.1) is 24.8 Å². The van der Waals surface area contributed by atoms with E-state index in [0.29, 0.717) is 29.7 Å². The smallest absolute Gasteiger partial charge is 0.411 e. The van der Waals surface area contributed by atoms with Crippen molar-refractivity contribution in [2.75, 3.05) is 23.0 Å². The molecular formula is C15H19Cl3N4O2. The molecule has 0 fully saturated rings. The number of rotatable bonds is 5. The number of carbonyl (C=O) groups is 1. The number of nitrogens with zero attached hydrogens (tertiary/aromatic N) is 1. The molecule has 0 saturated heterocycles. The van der Waals surface area contributed by atoms with Crippen LogP contribution in [0.4, 0.5) is 22.1 Å². The molecule has 0 saturated carbocycles. The fourth-order valence-corrected chi connectivity index (χ4v) is 1.88. The normalized spacial score (nSPS) is 9.25. The molecule has 1 heterocycles. The zero-order chi connectivity index (χ0) is 15.9. The highest BCUT2D eigenvalue weighted by Gasteiger charge is 2.07. The Labute approximate surface area is 157 Å². The number of amides is 1. The van der Waals surface area contributed by atoms with Crippen LogP contribution in [0.15, 0.2) is 36.4 Å². The Morgan fingerprint density at radius 1 is 1.21 bits per heavy atom. The topological polar surface area (TPSA) is 89.3 Å². The Morgan fingerprint density at radius 2 is 1.88 bits per heavy atom. The summed E-state index contributed by atoms with van der Waals surface area (Å²) in [6.07, 6.45) is -0.558. The molecule has 0 spiro atoms. The summed E-state index contributed by atoms with van der Waals surface area (Å²) < 4.78 is 4.79. The van der Waals surface area contributed by atoms with Gasteiger partial charge in [0.25, 0.3) is 0 Å². The maximum absolute atomic E-state index is 11.3. The van der Waals surface area contributed by atoms with Crippen molar-refractivity contribution in [3.05, 3.63) is 47.0 Å². The van der Waals surface area contributed by atoms with E-state index in [-0.39, 0.29) is 30.6 Å². The summed E-state index contributed by atoms with van der Waals surface area (Å²) in [7, 11) is 0. The van der Waals surface area contributed by atoms with Crippen LogP contribution in [0, 0.1) is 0 Å². The number of halogens is 3. The van der Waals surface area contributed by atoms with Gasteiger partial charge in [0.1, 0.15) is 11.6 Å². The van der Waals surface area contributed by atoms with Crippen molar-refractivity contribution >= 4 is 59.8 Å². The van der Waals surface area contributed by atoms with Gasteiger partial charge in [-0.2, -0.15) is 0 Å². The molecule has 4 N–H and O–H groups in total. The van der Waals surface area contributed by atoms with E-state index in [1.54, 1.807) is 19.1 Å². The minimum Gasteiger partial charge on any atom is -0.450 e. The van der Waals surface area contributed by atoms with Crippen molar-refractivity contribution in [2.24, 2.45) is 0 Å². The van der Waals surface area contributed by atoms with Crippen LogP contribution >= 0.6 is 36.4 Å². The molecule has 2 rings (SSSR count). The Hall–Kier alpha value is -1.89. The third-order valence-corrected chi connectivity index (χ3v) is 3.08. The molecule has 0 atom stereocenters. The SMILES string of the molecule is CCOC(=O)Nc1ccc(NCc2ccc(Cl)cc2)nc1N.Cl.Cl. The lowest BCUT2D eigenvalue weighted by atomic mass is 10.2. The Bertz CT molecular complexity index is 654. The monoisotopic (exact) mass is 392 g/mol. The molecule has 0 aliphatic rings.